The first kappa shape index (κ1) is 13.0. The maximum Gasteiger partial charge on any atom is 0.305 e. The Hall–Kier alpha value is -1.03. The summed E-state index contributed by atoms with van der Waals surface area (Å²) in [6.45, 7) is 0. The van der Waals surface area contributed by atoms with Crippen LogP contribution in [-0.4, -0.2) is 31.3 Å². The Bertz CT molecular complexity index is 607. The summed E-state index contributed by atoms with van der Waals surface area (Å²) in [6.07, 6.45) is 2.18. The van der Waals surface area contributed by atoms with Crippen LogP contribution in [-0.2, 0) is 4.79 Å². The predicted octanol–water partition coefficient (Wildman–Crippen LogP) is 2.43. The molecule has 1 atom stereocenters. The molecule has 19 heavy (non-hydrogen) atoms. The van der Waals surface area contributed by atoms with Gasteiger partial charge >= 0.3 is 5.97 Å². The second-order valence-electron chi connectivity index (χ2n) is 4.59. The third kappa shape index (κ3) is 2.78. The van der Waals surface area contributed by atoms with Crippen LogP contribution in [0.2, 0.25) is 0 Å². The number of nitrogens with zero attached hydrogens (tertiary/aromatic N) is 4. The molecule has 100 valence electrons. The SMILES string of the molecule is O=C(O)CC(C1CC1)n1nnnc1-c1csc(I)c1. The maximum absolute atomic E-state index is 11.0. The largest absolute Gasteiger partial charge is 0.481 e. The highest BCUT2D eigenvalue weighted by Gasteiger charge is 2.36. The number of aliphatic carboxylic acids is 1. The summed E-state index contributed by atoms with van der Waals surface area (Å²) in [4.78, 5) is 11.0. The third-order valence-electron chi connectivity index (χ3n) is 3.18. The fraction of sp³-hybridized carbons (Fsp3) is 0.455. The molecule has 1 unspecified atom stereocenters. The van der Waals surface area contributed by atoms with Crippen molar-refractivity contribution in [2.45, 2.75) is 25.3 Å². The van der Waals surface area contributed by atoms with E-state index in [1.807, 2.05) is 11.4 Å². The molecule has 2 aromatic heterocycles. The van der Waals surface area contributed by atoms with Crippen molar-refractivity contribution < 1.29 is 9.90 Å². The lowest BCUT2D eigenvalue weighted by Crippen LogP contribution is -2.18. The Kier molecular flexibility index (Phi) is 3.52. The van der Waals surface area contributed by atoms with Crippen molar-refractivity contribution in [2.24, 2.45) is 5.92 Å². The zero-order valence-electron chi connectivity index (χ0n) is 9.86. The van der Waals surface area contributed by atoms with Gasteiger partial charge in [-0.05, 0) is 57.8 Å². The Morgan fingerprint density at radius 2 is 2.42 bits per heavy atom. The Morgan fingerprint density at radius 1 is 1.63 bits per heavy atom. The smallest absolute Gasteiger partial charge is 0.305 e. The van der Waals surface area contributed by atoms with E-state index in [9.17, 15) is 4.79 Å². The van der Waals surface area contributed by atoms with Crippen LogP contribution in [0, 0.1) is 8.80 Å². The van der Waals surface area contributed by atoms with Gasteiger partial charge in [-0.15, -0.1) is 16.4 Å². The van der Waals surface area contributed by atoms with E-state index in [0.717, 1.165) is 21.3 Å². The zero-order valence-corrected chi connectivity index (χ0v) is 12.8. The lowest BCUT2D eigenvalue weighted by molar-refractivity contribution is -0.138. The van der Waals surface area contributed by atoms with Crippen LogP contribution in [0.1, 0.15) is 25.3 Å². The van der Waals surface area contributed by atoms with Gasteiger partial charge in [-0.25, -0.2) is 4.68 Å². The number of aromatic nitrogens is 4. The molecule has 6 nitrogen and oxygen atoms in total. The summed E-state index contributed by atoms with van der Waals surface area (Å²) in [5.41, 5.74) is 0.954. The van der Waals surface area contributed by atoms with Gasteiger partial charge in [-0.1, -0.05) is 0 Å². The van der Waals surface area contributed by atoms with E-state index in [-0.39, 0.29) is 12.5 Å². The summed E-state index contributed by atoms with van der Waals surface area (Å²) in [5.74, 6) is 0.242. The van der Waals surface area contributed by atoms with Gasteiger partial charge in [0.15, 0.2) is 5.82 Å². The number of halogens is 1. The summed E-state index contributed by atoms with van der Waals surface area (Å²) >= 11 is 3.87. The monoisotopic (exact) mass is 390 g/mol. The van der Waals surface area contributed by atoms with Crippen molar-refractivity contribution >= 4 is 39.9 Å². The molecule has 1 aliphatic carbocycles. The van der Waals surface area contributed by atoms with Crippen LogP contribution in [0.4, 0.5) is 0 Å². The van der Waals surface area contributed by atoms with Crippen molar-refractivity contribution in [3.8, 4) is 11.4 Å². The van der Waals surface area contributed by atoms with Gasteiger partial charge in [-0.2, -0.15) is 0 Å². The molecule has 8 heteroatoms. The highest BCUT2D eigenvalue weighted by molar-refractivity contribution is 14.1. The van der Waals surface area contributed by atoms with Crippen LogP contribution in [0.25, 0.3) is 11.4 Å². The van der Waals surface area contributed by atoms with Gasteiger partial charge in [0.05, 0.1) is 15.3 Å². The van der Waals surface area contributed by atoms with Crippen LogP contribution in [0.15, 0.2) is 11.4 Å². The molecule has 0 aromatic carbocycles. The van der Waals surface area contributed by atoms with Crippen molar-refractivity contribution in [2.75, 3.05) is 0 Å². The lowest BCUT2D eigenvalue weighted by atomic mass is 10.1. The number of carboxylic acids is 1. The van der Waals surface area contributed by atoms with Crippen LogP contribution in [0.5, 0.6) is 0 Å². The van der Waals surface area contributed by atoms with E-state index in [1.165, 1.54) is 0 Å². The quantitative estimate of drug-likeness (QED) is 0.794. The molecule has 0 spiro atoms. The maximum atomic E-state index is 11.0. The number of rotatable bonds is 5. The minimum Gasteiger partial charge on any atom is -0.481 e. The van der Waals surface area contributed by atoms with E-state index < -0.39 is 5.97 Å². The molecule has 0 saturated heterocycles. The average molecular weight is 390 g/mol. The number of tetrazole rings is 1. The summed E-state index contributed by atoms with van der Waals surface area (Å²) in [5, 5.41) is 22.8. The average Bonchev–Trinajstić information content (AvgIpc) is 2.92. The van der Waals surface area contributed by atoms with Crippen LogP contribution >= 0.6 is 33.9 Å². The molecule has 1 saturated carbocycles. The molecule has 1 N–H and O–H groups in total. The normalized spacial score (nSPS) is 16.5. The van der Waals surface area contributed by atoms with Gasteiger partial charge < -0.3 is 5.11 Å². The van der Waals surface area contributed by atoms with Crippen molar-refractivity contribution in [3.63, 3.8) is 0 Å². The molecular formula is C11H11IN4O2S. The van der Waals surface area contributed by atoms with Crippen molar-refractivity contribution in [1.82, 2.24) is 20.2 Å². The third-order valence-corrected chi connectivity index (χ3v) is 4.97. The molecule has 1 fully saturated rings. The van der Waals surface area contributed by atoms with Gasteiger partial charge in [0.1, 0.15) is 0 Å². The number of carboxylic acid groups (broad SMARTS) is 1. The molecular weight excluding hydrogens is 379 g/mol. The summed E-state index contributed by atoms with van der Waals surface area (Å²) < 4.78 is 2.84. The van der Waals surface area contributed by atoms with E-state index >= 15 is 0 Å². The van der Waals surface area contributed by atoms with E-state index in [4.69, 9.17) is 5.11 Å². The first-order valence-corrected chi connectivity index (χ1v) is 7.85. The topological polar surface area (TPSA) is 80.9 Å². The number of hydrogen-bond donors (Lipinski definition) is 1. The van der Waals surface area contributed by atoms with E-state index in [2.05, 4.69) is 38.1 Å². The van der Waals surface area contributed by atoms with Crippen LogP contribution in [0.3, 0.4) is 0 Å². The first-order valence-electron chi connectivity index (χ1n) is 5.89. The Labute approximate surface area is 127 Å². The molecule has 0 amide bonds. The van der Waals surface area contributed by atoms with E-state index in [1.54, 1.807) is 16.0 Å². The molecule has 0 radical (unpaired) electrons. The lowest BCUT2D eigenvalue weighted by Gasteiger charge is -2.15. The minimum atomic E-state index is -0.807. The highest BCUT2D eigenvalue weighted by Crippen LogP contribution is 2.42. The van der Waals surface area contributed by atoms with Crippen molar-refractivity contribution in [3.05, 3.63) is 14.3 Å². The standard InChI is InChI=1S/C11H11IN4O2S/c12-9-3-7(5-19-9)11-13-14-15-16(11)8(4-10(17)18)6-1-2-6/h3,5-6,8H,1-2,4H2,(H,17,18). The second kappa shape index (κ2) is 5.16. The number of carbonyl (C=O) groups is 1. The predicted molar refractivity (Wildman–Crippen MR) is 77.9 cm³/mol. The first-order chi connectivity index (χ1) is 9.15. The second-order valence-corrected chi connectivity index (χ2v) is 7.39. The highest BCUT2D eigenvalue weighted by atomic mass is 127. The number of hydrogen-bond acceptors (Lipinski definition) is 5. The molecule has 1 aliphatic rings. The van der Waals surface area contributed by atoms with E-state index in [0.29, 0.717) is 11.7 Å². The minimum absolute atomic E-state index is 0.0733. The summed E-state index contributed by atoms with van der Waals surface area (Å²) in [6, 6.07) is 1.87. The fourth-order valence-electron chi connectivity index (χ4n) is 2.15. The van der Waals surface area contributed by atoms with Gasteiger partial charge in [-0.3, -0.25) is 4.79 Å². The van der Waals surface area contributed by atoms with Gasteiger partial charge in [0.2, 0.25) is 0 Å². The molecule has 0 bridgehead atoms. The van der Waals surface area contributed by atoms with Gasteiger partial charge in [0.25, 0.3) is 0 Å². The summed E-state index contributed by atoms with van der Waals surface area (Å²) in [7, 11) is 0. The zero-order chi connectivity index (χ0) is 13.4. The Balaban J connectivity index is 1.95. The van der Waals surface area contributed by atoms with Crippen molar-refractivity contribution in [1.29, 1.82) is 0 Å². The van der Waals surface area contributed by atoms with Crippen LogP contribution < -0.4 is 0 Å². The number of thiophene rings is 1. The molecule has 3 rings (SSSR count). The molecule has 2 heterocycles. The molecule has 0 aliphatic heterocycles. The molecule has 2 aromatic rings. The fourth-order valence-corrected chi connectivity index (χ4v) is 3.47. The van der Waals surface area contributed by atoms with Gasteiger partial charge in [0, 0.05) is 10.9 Å². The Morgan fingerprint density at radius 3 is 3.00 bits per heavy atom.